The van der Waals surface area contributed by atoms with Crippen LogP contribution in [0.3, 0.4) is 0 Å². The highest BCUT2D eigenvalue weighted by atomic mass is 16.7. The second-order valence-corrected chi connectivity index (χ2v) is 11.8. The molecule has 224 valence electrons. The summed E-state index contributed by atoms with van der Waals surface area (Å²) in [5, 5.41) is 22.3. The minimum absolute atomic E-state index is 0.0365. The maximum atomic E-state index is 12.6. The fraction of sp³-hybridized carbons (Fsp3) is 0.562. The number of likely N-dealkylation sites (N-methyl/N-ethyl adjacent to an activating group) is 1. The normalized spacial score (nSPS) is 25.7. The number of hydrogen-bond donors (Lipinski definition) is 1. The SMILES string of the molecule is CCCC(=O)OC[C@H]1c2c(c(O)c(C)c3c2OCO3)CC2[C@H]3c4c(cc(C)c(C)c4OCOC)C[C@H]([C@H](C#N)N21)N3C. The predicted octanol–water partition coefficient (Wildman–Crippen LogP) is 4.14. The van der Waals surface area contributed by atoms with E-state index in [9.17, 15) is 15.2 Å². The van der Waals surface area contributed by atoms with E-state index in [4.69, 9.17) is 23.7 Å². The number of nitriles is 1. The van der Waals surface area contributed by atoms with Gasteiger partial charge in [0.1, 0.15) is 24.1 Å². The molecule has 4 heterocycles. The first kappa shape index (κ1) is 28.6. The van der Waals surface area contributed by atoms with E-state index in [0.717, 1.165) is 33.6 Å². The van der Waals surface area contributed by atoms with E-state index in [1.54, 1.807) is 7.11 Å². The summed E-state index contributed by atoms with van der Waals surface area (Å²) < 4.78 is 29.2. The van der Waals surface area contributed by atoms with E-state index in [1.165, 1.54) is 5.56 Å². The Bertz CT molecular complexity index is 1470. The van der Waals surface area contributed by atoms with Gasteiger partial charge in [0.2, 0.25) is 6.79 Å². The summed E-state index contributed by atoms with van der Waals surface area (Å²) >= 11 is 0. The summed E-state index contributed by atoms with van der Waals surface area (Å²) in [6.07, 6.45) is 2.12. The van der Waals surface area contributed by atoms with Crippen LogP contribution in [-0.2, 0) is 27.1 Å². The molecule has 10 heteroatoms. The van der Waals surface area contributed by atoms with Crippen molar-refractivity contribution in [1.82, 2.24) is 9.80 Å². The maximum absolute atomic E-state index is 12.6. The molecule has 2 aromatic carbocycles. The van der Waals surface area contributed by atoms with Crippen LogP contribution in [0.25, 0.3) is 0 Å². The van der Waals surface area contributed by atoms with Gasteiger partial charge in [-0.3, -0.25) is 14.6 Å². The van der Waals surface area contributed by atoms with Crippen LogP contribution in [0.4, 0.5) is 0 Å². The zero-order valence-corrected chi connectivity index (χ0v) is 25.2. The molecule has 5 atom stereocenters. The summed E-state index contributed by atoms with van der Waals surface area (Å²) in [6, 6.07) is 3.34. The number of methoxy groups -OCH3 is 1. The summed E-state index contributed by atoms with van der Waals surface area (Å²) in [5.74, 6) is 1.74. The van der Waals surface area contributed by atoms with Gasteiger partial charge in [0, 0.05) is 47.9 Å². The van der Waals surface area contributed by atoms with Gasteiger partial charge in [-0.15, -0.1) is 0 Å². The van der Waals surface area contributed by atoms with Gasteiger partial charge in [0.25, 0.3) is 0 Å². The predicted molar refractivity (Wildman–Crippen MR) is 153 cm³/mol. The van der Waals surface area contributed by atoms with E-state index in [2.05, 4.69) is 42.8 Å². The summed E-state index contributed by atoms with van der Waals surface area (Å²) in [7, 11) is 3.68. The summed E-state index contributed by atoms with van der Waals surface area (Å²) in [5.41, 5.74) is 6.54. The van der Waals surface area contributed by atoms with Crippen molar-refractivity contribution in [1.29, 1.82) is 5.26 Å². The molecule has 0 aliphatic carbocycles. The van der Waals surface area contributed by atoms with Crippen LogP contribution < -0.4 is 14.2 Å². The van der Waals surface area contributed by atoms with E-state index in [1.807, 2.05) is 13.8 Å². The van der Waals surface area contributed by atoms with Crippen LogP contribution >= 0.6 is 0 Å². The van der Waals surface area contributed by atoms with Gasteiger partial charge in [0.05, 0.1) is 18.2 Å². The lowest BCUT2D eigenvalue weighted by Gasteiger charge is -2.60. The third-order valence-corrected chi connectivity index (χ3v) is 9.61. The Morgan fingerprint density at radius 2 is 1.90 bits per heavy atom. The second-order valence-electron chi connectivity index (χ2n) is 11.8. The van der Waals surface area contributed by atoms with Crippen LogP contribution in [-0.4, -0.2) is 73.4 Å². The smallest absolute Gasteiger partial charge is 0.305 e. The molecular formula is C32H39N3O7. The summed E-state index contributed by atoms with van der Waals surface area (Å²) in [4.78, 5) is 17.2. The number of ether oxygens (including phenoxy) is 5. The lowest BCUT2D eigenvalue weighted by molar-refractivity contribution is -0.149. The Hall–Kier alpha value is -3.52. The first-order valence-electron chi connectivity index (χ1n) is 14.7. The number of fused-ring (bicyclic) bond motifs is 9. The van der Waals surface area contributed by atoms with E-state index in [0.29, 0.717) is 42.7 Å². The molecule has 6 rings (SSSR count). The minimum Gasteiger partial charge on any atom is -0.507 e. The molecule has 1 saturated heterocycles. The lowest BCUT2D eigenvalue weighted by atomic mass is 9.71. The van der Waals surface area contributed by atoms with E-state index < -0.39 is 12.1 Å². The Labute approximate surface area is 246 Å². The van der Waals surface area contributed by atoms with E-state index in [-0.39, 0.29) is 50.0 Å². The van der Waals surface area contributed by atoms with Crippen molar-refractivity contribution >= 4 is 5.97 Å². The first-order chi connectivity index (χ1) is 20.2. The zero-order valence-electron chi connectivity index (χ0n) is 25.2. The van der Waals surface area contributed by atoms with Crippen LogP contribution in [0.15, 0.2) is 6.07 Å². The molecular weight excluding hydrogens is 538 g/mol. The highest BCUT2D eigenvalue weighted by Crippen LogP contribution is 2.57. The van der Waals surface area contributed by atoms with Crippen LogP contribution in [0.2, 0.25) is 0 Å². The monoisotopic (exact) mass is 577 g/mol. The number of piperazine rings is 1. The number of esters is 1. The molecule has 1 N–H and O–H groups in total. The highest BCUT2D eigenvalue weighted by Gasteiger charge is 2.56. The Balaban J connectivity index is 1.56. The topological polar surface area (TPSA) is 114 Å². The van der Waals surface area contributed by atoms with Gasteiger partial charge in [-0.05, 0) is 63.8 Å². The van der Waals surface area contributed by atoms with Gasteiger partial charge < -0.3 is 28.8 Å². The van der Waals surface area contributed by atoms with Gasteiger partial charge in [-0.2, -0.15) is 5.26 Å². The van der Waals surface area contributed by atoms with Crippen molar-refractivity contribution in [3.05, 3.63) is 45.0 Å². The zero-order chi connectivity index (χ0) is 29.9. The Kier molecular flexibility index (Phi) is 7.46. The molecule has 42 heavy (non-hydrogen) atoms. The van der Waals surface area contributed by atoms with Gasteiger partial charge in [-0.25, -0.2) is 0 Å². The molecule has 0 amide bonds. The third-order valence-electron chi connectivity index (χ3n) is 9.61. The van der Waals surface area contributed by atoms with Crippen LogP contribution in [0.5, 0.6) is 23.0 Å². The minimum atomic E-state index is -0.513. The number of phenols is 1. The molecule has 0 saturated carbocycles. The number of carbonyl (C=O) groups is 1. The molecule has 0 radical (unpaired) electrons. The number of carbonyl (C=O) groups excluding carboxylic acids is 1. The first-order valence-corrected chi connectivity index (χ1v) is 14.7. The fourth-order valence-electron chi connectivity index (χ4n) is 7.60. The highest BCUT2D eigenvalue weighted by molar-refractivity contribution is 5.70. The number of phenolic OH excluding ortho intramolecular Hbond substituents is 1. The average molecular weight is 578 g/mol. The van der Waals surface area contributed by atoms with Gasteiger partial charge >= 0.3 is 5.97 Å². The van der Waals surface area contributed by atoms with Gasteiger partial charge in [-0.1, -0.05) is 13.0 Å². The van der Waals surface area contributed by atoms with E-state index >= 15 is 0 Å². The number of nitrogens with zero attached hydrogens (tertiary/aromatic N) is 3. The van der Waals surface area contributed by atoms with Crippen molar-refractivity contribution in [2.24, 2.45) is 0 Å². The molecule has 2 bridgehead atoms. The fourth-order valence-corrected chi connectivity index (χ4v) is 7.60. The number of aryl methyl sites for hydroxylation is 1. The Morgan fingerprint density at radius 1 is 1.14 bits per heavy atom. The largest absolute Gasteiger partial charge is 0.507 e. The molecule has 10 nitrogen and oxygen atoms in total. The van der Waals surface area contributed by atoms with Crippen molar-refractivity contribution < 1.29 is 33.6 Å². The van der Waals surface area contributed by atoms with Crippen molar-refractivity contribution in [3.63, 3.8) is 0 Å². The van der Waals surface area contributed by atoms with Crippen molar-refractivity contribution in [2.75, 3.05) is 34.4 Å². The second kappa shape index (κ2) is 11.0. The molecule has 4 aliphatic heterocycles. The average Bonchev–Trinajstić information content (AvgIpc) is 3.46. The third kappa shape index (κ3) is 4.21. The number of aromatic hydroxyl groups is 1. The number of rotatable bonds is 7. The quantitative estimate of drug-likeness (QED) is 0.380. The number of hydrogen-bond acceptors (Lipinski definition) is 10. The molecule has 4 aliphatic rings. The van der Waals surface area contributed by atoms with Crippen LogP contribution in [0, 0.1) is 32.1 Å². The van der Waals surface area contributed by atoms with Crippen molar-refractivity contribution in [3.8, 4) is 29.1 Å². The molecule has 0 spiro atoms. The molecule has 2 aromatic rings. The molecule has 1 unspecified atom stereocenters. The molecule has 1 fully saturated rings. The number of benzene rings is 2. The lowest BCUT2D eigenvalue weighted by Crippen LogP contribution is -2.68. The maximum Gasteiger partial charge on any atom is 0.305 e. The van der Waals surface area contributed by atoms with Crippen molar-refractivity contribution in [2.45, 2.75) is 83.6 Å². The summed E-state index contributed by atoms with van der Waals surface area (Å²) in [6.45, 7) is 8.10. The molecule has 0 aromatic heterocycles. The Morgan fingerprint density at radius 3 is 2.62 bits per heavy atom. The van der Waals surface area contributed by atoms with Crippen LogP contribution in [0.1, 0.15) is 70.8 Å². The van der Waals surface area contributed by atoms with Gasteiger partial charge in [0.15, 0.2) is 18.3 Å². The standard InChI is InChI=1S/C32H39N3O7/c1-7-8-25(36)39-13-24-27-20(29(37)18(4)31-32(27)42-15-41-31)11-22-28-26-19(9-16(2)17(3)30(26)40-14-38-6)10-21(34(28)5)23(12-33)35(22)24/h9,21-24,28,37H,7-8,10-11,13-15H2,1-6H3/t21-,22?,23+,24+,28+/m1/s1.